The van der Waals surface area contributed by atoms with E-state index in [-0.39, 0.29) is 0 Å². The first-order chi connectivity index (χ1) is 14.4. The molecule has 4 aliphatic rings. The summed E-state index contributed by atoms with van der Waals surface area (Å²) in [4.78, 5) is 9.57. The van der Waals surface area contributed by atoms with Crippen LogP contribution in [0.2, 0.25) is 24.3 Å². The molecule has 0 aromatic carbocycles. The Labute approximate surface area is 182 Å². The number of hydrogen-bond donors (Lipinski definition) is 0. The molecular weight excluding hydrogens is 378 g/mol. The average molecular weight is 416 g/mol. The second-order valence-corrected chi connectivity index (χ2v) is 10.7. The summed E-state index contributed by atoms with van der Waals surface area (Å²) < 4.78 is 12.1. The summed E-state index contributed by atoms with van der Waals surface area (Å²) in [5.41, 5.74) is 0. The Balaban J connectivity index is 1.52. The standard InChI is InChI=1S/C22H38B2N2O2S/c1-3-7-11-19(21-25-15-17-27-21)23(13-9-5-1)29-24-14-10-6-2-4-8-12-20(24)22-26-16-18-28-22/h19-20H,1-18H2. The minimum Gasteiger partial charge on any atom is -0.479 e. The summed E-state index contributed by atoms with van der Waals surface area (Å²) in [7, 11) is 0. The third kappa shape index (κ3) is 6.21. The van der Waals surface area contributed by atoms with Crippen molar-refractivity contribution in [1.29, 1.82) is 0 Å². The first-order valence-corrected chi connectivity index (χ1v) is 13.4. The Morgan fingerprint density at radius 2 is 1.07 bits per heavy atom. The Kier molecular flexibility index (Phi) is 8.74. The molecule has 4 heterocycles. The number of hydrogen-bond acceptors (Lipinski definition) is 5. The highest BCUT2D eigenvalue weighted by molar-refractivity contribution is 8.45. The summed E-state index contributed by atoms with van der Waals surface area (Å²) in [5.74, 6) is 4.47. The Hall–Kier alpha value is -0.580. The molecular formula is C22H38B2N2O2S. The number of aliphatic imine (C=N–C) groups is 2. The molecule has 4 rings (SSSR count). The van der Waals surface area contributed by atoms with Crippen LogP contribution in [0.25, 0.3) is 0 Å². The van der Waals surface area contributed by atoms with Crippen molar-refractivity contribution < 1.29 is 9.47 Å². The van der Waals surface area contributed by atoms with Gasteiger partial charge >= 0.3 is 0 Å². The maximum atomic E-state index is 6.03. The highest BCUT2D eigenvalue weighted by atomic mass is 32.2. The van der Waals surface area contributed by atoms with Crippen LogP contribution < -0.4 is 0 Å². The van der Waals surface area contributed by atoms with Gasteiger partial charge in [0, 0.05) is 11.6 Å². The molecule has 0 aromatic heterocycles. The second-order valence-electron chi connectivity index (χ2n) is 9.25. The summed E-state index contributed by atoms with van der Waals surface area (Å²) >= 11 is 2.27. The molecule has 2 saturated heterocycles. The van der Waals surface area contributed by atoms with Crippen LogP contribution in [0.4, 0.5) is 0 Å². The Bertz CT molecular complexity index is 527. The lowest BCUT2D eigenvalue weighted by Gasteiger charge is -2.30. The molecule has 0 radical (unpaired) electrons. The van der Waals surface area contributed by atoms with E-state index >= 15 is 0 Å². The third-order valence-electron chi connectivity index (χ3n) is 7.11. The normalized spacial score (nSPS) is 29.9. The Morgan fingerprint density at radius 3 is 1.52 bits per heavy atom. The van der Waals surface area contributed by atoms with Crippen LogP contribution in [-0.4, -0.2) is 50.1 Å². The summed E-state index contributed by atoms with van der Waals surface area (Å²) in [6.07, 6.45) is 18.8. The zero-order chi connectivity index (χ0) is 19.7. The van der Waals surface area contributed by atoms with Gasteiger partial charge in [-0.25, -0.2) is 0 Å². The van der Waals surface area contributed by atoms with Crippen LogP contribution in [0, 0.1) is 0 Å². The monoisotopic (exact) mass is 416 g/mol. The quantitative estimate of drug-likeness (QED) is 0.528. The molecule has 160 valence electrons. The first kappa shape index (κ1) is 21.6. The van der Waals surface area contributed by atoms with Gasteiger partial charge in [-0.15, -0.1) is 0 Å². The van der Waals surface area contributed by atoms with Gasteiger partial charge in [0.2, 0.25) is 12.0 Å². The number of nitrogens with zero attached hydrogens (tertiary/aromatic N) is 2. The number of rotatable bonds is 4. The molecule has 0 N–H and O–H groups in total. The fourth-order valence-corrected chi connectivity index (χ4v) is 7.46. The van der Waals surface area contributed by atoms with Crippen molar-refractivity contribution in [3.05, 3.63) is 0 Å². The highest BCUT2D eigenvalue weighted by Crippen LogP contribution is 2.42. The molecule has 4 aliphatic heterocycles. The lowest BCUT2D eigenvalue weighted by Crippen LogP contribution is -2.33. The molecule has 0 saturated carbocycles. The van der Waals surface area contributed by atoms with Crippen LogP contribution in [0.5, 0.6) is 0 Å². The topological polar surface area (TPSA) is 43.2 Å². The highest BCUT2D eigenvalue weighted by Gasteiger charge is 2.40. The van der Waals surface area contributed by atoms with Crippen LogP contribution in [0.15, 0.2) is 9.98 Å². The van der Waals surface area contributed by atoms with Crippen molar-refractivity contribution in [3.8, 4) is 0 Å². The van der Waals surface area contributed by atoms with Crippen molar-refractivity contribution in [3.63, 3.8) is 0 Å². The van der Waals surface area contributed by atoms with Crippen molar-refractivity contribution >= 4 is 35.2 Å². The molecule has 4 nitrogen and oxygen atoms in total. The predicted octanol–water partition coefficient (Wildman–Crippen LogP) is 6.01. The molecule has 2 fully saturated rings. The lowest BCUT2D eigenvalue weighted by molar-refractivity contribution is 0.336. The molecule has 2 unspecified atom stereocenters. The van der Waals surface area contributed by atoms with E-state index in [9.17, 15) is 0 Å². The van der Waals surface area contributed by atoms with Gasteiger partial charge in [0.25, 0.3) is 0 Å². The van der Waals surface area contributed by atoms with E-state index in [0.29, 0.717) is 23.6 Å². The summed E-state index contributed by atoms with van der Waals surface area (Å²) in [6.45, 7) is 3.31. The summed E-state index contributed by atoms with van der Waals surface area (Å²) in [5, 5.41) is 0. The van der Waals surface area contributed by atoms with Crippen molar-refractivity contribution in [2.75, 3.05) is 26.3 Å². The minimum atomic E-state index is 0.514. The Morgan fingerprint density at radius 1 is 0.621 bits per heavy atom. The maximum Gasteiger partial charge on any atom is 0.209 e. The predicted molar refractivity (Wildman–Crippen MR) is 128 cm³/mol. The molecule has 0 bridgehead atoms. The molecule has 0 aliphatic carbocycles. The first-order valence-electron chi connectivity index (χ1n) is 12.4. The van der Waals surface area contributed by atoms with Gasteiger partial charge < -0.3 is 9.47 Å². The van der Waals surface area contributed by atoms with E-state index in [1.54, 1.807) is 0 Å². The van der Waals surface area contributed by atoms with Crippen molar-refractivity contribution in [1.82, 2.24) is 0 Å². The van der Waals surface area contributed by atoms with Crippen LogP contribution >= 0.6 is 11.5 Å². The van der Waals surface area contributed by atoms with E-state index in [1.807, 2.05) is 0 Å². The lowest BCUT2D eigenvalue weighted by atomic mass is 9.55. The van der Waals surface area contributed by atoms with Gasteiger partial charge in [-0.2, -0.15) is 0 Å². The molecule has 2 atom stereocenters. The zero-order valence-corrected chi connectivity index (χ0v) is 19.0. The molecule has 0 spiro atoms. The van der Waals surface area contributed by atoms with Gasteiger partial charge in [-0.3, -0.25) is 21.4 Å². The van der Waals surface area contributed by atoms with Crippen molar-refractivity contribution in [2.45, 2.75) is 101 Å². The van der Waals surface area contributed by atoms with Crippen LogP contribution in [0.3, 0.4) is 0 Å². The van der Waals surface area contributed by atoms with Gasteiger partial charge in [0.1, 0.15) is 13.2 Å². The van der Waals surface area contributed by atoms with Gasteiger partial charge in [-0.1, -0.05) is 76.8 Å². The third-order valence-corrected chi connectivity index (χ3v) is 8.93. The van der Waals surface area contributed by atoms with Gasteiger partial charge in [0.05, 0.1) is 13.1 Å². The molecule has 0 aromatic rings. The molecule has 7 heteroatoms. The smallest absolute Gasteiger partial charge is 0.209 e. The van der Waals surface area contributed by atoms with E-state index < -0.39 is 0 Å². The van der Waals surface area contributed by atoms with E-state index in [4.69, 9.17) is 19.5 Å². The van der Waals surface area contributed by atoms with Crippen molar-refractivity contribution in [2.24, 2.45) is 9.98 Å². The fourth-order valence-electron chi connectivity index (χ4n) is 5.52. The fraction of sp³-hybridized carbons (Fsp3) is 0.909. The molecule has 0 amide bonds. The van der Waals surface area contributed by atoms with Crippen LogP contribution in [0.1, 0.15) is 77.0 Å². The van der Waals surface area contributed by atoms with E-state index in [0.717, 1.165) is 38.1 Å². The SMILES string of the molecule is C1CCCB(SB2CCCCCCCC2C2=NCCO2)C(C2=NCCO2)CCC1. The largest absolute Gasteiger partial charge is 0.479 e. The second kappa shape index (κ2) is 11.7. The van der Waals surface area contributed by atoms with Gasteiger partial charge in [-0.05, 0) is 12.8 Å². The van der Waals surface area contributed by atoms with E-state index in [2.05, 4.69) is 11.5 Å². The van der Waals surface area contributed by atoms with Gasteiger partial charge in [0.15, 0.2) is 11.8 Å². The van der Waals surface area contributed by atoms with E-state index in [1.165, 1.54) is 89.7 Å². The number of ether oxygens (including phenoxy) is 2. The van der Waals surface area contributed by atoms with Crippen LogP contribution in [-0.2, 0) is 9.47 Å². The average Bonchev–Trinajstić information content (AvgIpc) is 3.45. The molecule has 29 heavy (non-hydrogen) atoms. The summed E-state index contributed by atoms with van der Waals surface area (Å²) in [6, 6.07) is 0. The minimum absolute atomic E-state index is 0.514. The maximum absolute atomic E-state index is 6.03. The zero-order valence-electron chi connectivity index (χ0n) is 18.2.